The molecule has 26 heavy (non-hydrogen) atoms. The van der Waals surface area contributed by atoms with Gasteiger partial charge in [0.15, 0.2) is 18.4 Å². The fourth-order valence-corrected chi connectivity index (χ4v) is 3.64. The topological polar surface area (TPSA) is 3.88 Å². The molecule has 0 aliphatic rings. The van der Waals surface area contributed by atoms with Gasteiger partial charge in [0.2, 0.25) is 0 Å². The maximum Gasteiger partial charge on any atom is 0.181 e. The molecule has 0 atom stereocenters. The Hall–Kier alpha value is -1.63. The van der Waals surface area contributed by atoms with Gasteiger partial charge in [-0.1, -0.05) is 95.0 Å². The van der Waals surface area contributed by atoms with E-state index < -0.39 is 0 Å². The molecule has 0 unspecified atom stereocenters. The highest BCUT2D eigenvalue weighted by Gasteiger charge is 2.11. The van der Waals surface area contributed by atoms with Gasteiger partial charge >= 0.3 is 0 Å². The van der Waals surface area contributed by atoms with E-state index >= 15 is 0 Å². The van der Waals surface area contributed by atoms with Crippen LogP contribution in [-0.2, 0) is 13.0 Å². The van der Waals surface area contributed by atoms with E-state index in [1.54, 1.807) is 0 Å². The van der Waals surface area contributed by atoms with Crippen molar-refractivity contribution in [1.29, 1.82) is 0 Å². The van der Waals surface area contributed by atoms with E-state index in [1.165, 1.54) is 87.4 Å². The lowest BCUT2D eigenvalue weighted by Gasteiger charge is -2.06. The van der Waals surface area contributed by atoms with Crippen molar-refractivity contribution in [1.82, 2.24) is 0 Å². The molecule has 0 saturated heterocycles. The van der Waals surface area contributed by atoms with E-state index in [1.807, 2.05) is 0 Å². The summed E-state index contributed by atoms with van der Waals surface area (Å²) in [4.78, 5) is 0. The zero-order valence-corrected chi connectivity index (χ0v) is 17.1. The number of hydrogen-bond acceptors (Lipinski definition) is 0. The van der Waals surface area contributed by atoms with Gasteiger partial charge in [0, 0.05) is 24.1 Å². The fraction of sp³-hybridized carbons (Fsp3) is 0.560. The van der Waals surface area contributed by atoms with E-state index in [9.17, 15) is 0 Å². The van der Waals surface area contributed by atoms with Crippen LogP contribution in [0.1, 0.15) is 88.0 Å². The number of aryl methyl sites for hydroxylation is 2. The third kappa shape index (κ3) is 8.17. The molecule has 0 aliphatic carbocycles. The molecule has 0 N–H and O–H groups in total. The molecule has 2 rings (SSSR count). The van der Waals surface area contributed by atoms with Crippen molar-refractivity contribution >= 4 is 0 Å². The van der Waals surface area contributed by atoms with Gasteiger partial charge in [-0.05, 0) is 18.9 Å². The van der Waals surface area contributed by atoms with Crippen molar-refractivity contribution < 1.29 is 4.57 Å². The monoisotopic (exact) mass is 352 g/mol. The van der Waals surface area contributed by atoms with Gasteiger partial charge in [-0.3, -0.25) is 0 Å². The van der Waals surface area contributed by atoms with Gasteiger partial charge in [-0.15, -0.1) is 0 Å². The quantitative estimate of drug-likeness (QED) is 0.276. The highest BCUT2D eigenvalue weighted by Crippen LogP contribution is 2.12. The molecule has 1 aromatic heterocycles. The van der Waals surface area contributed by atoms with Crippen LogP contribution in [0, 0.1) is 6.92 Å². The number of aromatic nitrogens is 1. The highest BCUT2D eigenvalue weighted by molar-refractivity contribution is 5.14. The summed E-state index contributed by atoms with van der Waals surface area (Å²) in [5.74, 6) is 0. The second-order valence-corrected chi connectivity index (χ2v) is 7.74. The second-order valence-electron chi connectivity index (χ2n) is 7.74. The van der Waals surface area contributed by atoms with Crippen molar-refractivity contribution in [3.8, 4) is 0 Å². The number of nitrogens with zero attached hydrogens (tertiary/aromatic N) is 1. The van der Waals surface area contributed by atoms with Crippen molar-refractivity contribution in [2.75, 3.05) is 0 Å². The molecule has 0 bridgehead atoms. The molecule has 0 radical (unpaired) electrons. The normalized spacial score (nSPS) is 11.0. The molecule has 0 aliphatic heterocycles. The Bertz CT molecular complexity index is 603. The summed E-state index contributed by atoms with van der Waals surface area (Å²) in [5, 5.41) is 0. The summed E-state index contributed by atoms with van der Waals surface area (Å²) in [7, 11) is 0. The maximum atomic E-state index is 2.43. The van der Waals surface area contributed by atoms with Gasteiger partial charge in [0.1, 0.15) is 0 Å². The number of pyridine rings is 1. The predicted molar refractivity (Wildman–Crippen MR) is 112 cm³/mol. The van der Waals surface area contributed by atoms with Crippen LogP contribution < -0.4 is 4.57 Å². The van der Waals surface area contributed by atoms with Crippen LogP contribution in [0.3, 0.4) is 0 Å². The summed E-state index contributed by atoms with van der Waals surface area (Å²) < 4.78 is 2.43. The standard InChI is InChI=1S/C25H38N/c1-3-4-5-6-7-8-9-10-11-15-18-25-21-23(2)19-20-26(25)22-24-16-13-12-14-17-24/h12-14,16-17,19-21H,3-11,15,18,22H2,1-2H3/q+1. The summed E-state index contributed by atoms with van der Waals surface area (Å²) in [6, 6.07) is 15.4. The van der Waals surface area contributed by atoms with Crippen LogP contribution >= 0.6 is 0 Å². The number of hydrogen-bond donors (Lipinski definition) is 0. The van der Waals surface area contributed by atoms with Gasteiger partial charge in [-0.2, -0.15) is 4.57 Å². The van der Waals surface area contributed by atoms with Crippen LogP contribution in [-0.4, -0.2) is 0 Å². The van der Waals surface area contributed by atoms with E-state index in [-0.39, 0.29) is 0 Å². The van der Waals surface area contributed by atoms with Gasteiger partial charge in [0.05, 0.1) is 0 Å². The van der Waals surface area contributed by atoms with Crippen molar-refractivity contribution in [3.05, 3.63) is 65.5 Å². The minimum absolute atomic E-state index is 0.980. The molecule has 142 valence electrons. The van der Waals surface area contributed by atoms with Crippen molar-refractivity contribution in [2.45, 2.75) is 91.0 Å². The third-order valence-electron chi connectivity index (χ3n) is 5.26. The first kappa shape index (κ1) is 20.7. The fourth-order valence-electron chi connectivity index (χ4n) is 3.64. The van der Waals surface area contributed by atoms with Crippen molar-refractivity contribution in [2.24, 2.45) is 0 Å². The Morgan fingerprint density at radius 1 is 0.731 bits per heavy atom. The highest BCUT2D eigenvalue weighted by atomic mass is 15.0. The van der Waals surface area contributed by atoms with E-state index in [0.717, 1.165) is 6.54 Å². The molecule has 1 aromatic carbocycles. The number of rotatable bonds is 13. The molecule has 0 amide bonds. The molecule has 0 saturated carbocycles. The lowest BCUT2D eigenvalue weighted by molar-refractivity contribution is -0.695. The first-order valence-electron chi connectivity index (χ1n) is 10.8. The molecular formula is C25H38N+. The van der Waals surface area contributed by atoms with Crippen molar-refractivity contribution in [3.63, 3.8) is 0 Å². The lowest BCUT2D eigenvalue weighted by Crippen LogP contribution is -2.38. The van der Waals surface area contributed by atoms with E-state index in [2.05, 4.69) is 67.1 Å². The summed E-state index contributed by atoms with van der Waals surface area (Å²) in [6.07, 6.45) is 17.5. The molecule has 2 aromatic rings. The Morgan fingerprint density at radius 2 is 1.35 bits per heavy atom. The summed E-state index contributed by atoms with van der Waals surface area (Å²) in [5.41, 5.74) is 4.23. The molecule has 1 heterocycles. The zero-order chi connectivity index (χ0) is 18.5. The minimum atomic E-state index is 0.980. The first-order chi connectivity index (χ1) is 12.8. The molecule has 1 nitrogen and oxygen atoms in total. The molecule has 0 fully saturated rings. The lowest BCUT2D eigenvalue weighted by atomic mass is 10.0. The van der Waals surface area contributed by atoms with Crippen LogP contribution in [0.25, 0.3) is 0 Å². The predicted octanol–water partition coefficient (Wildman–Crippen LogP) is 6.79. The van der Waals surface area contributed by atoms with E-state index in [4.69, 9.17) is 0 Å². The van der Waals surface area contributed by atoms with Crippen LogP contribution in [0.2, 0.25) is 0 Å². The van der Waals surface area contributed by atoms with Crippen LogP contribution in [0.4, 0.5) is 0 Å². The molecule has 1 heteroatoms. The Kier molecular flexibility index (Phi) is 10.1. The maximum absolute atomic E-state index is 2.43. The summed E-state index contributed by atoms with van der Waals surface area (Å²) in [6.45, 7) is 5.47. The van der Waals surface area contributed by atoms with Crippen LogP contribution in [0.15, 0.2) is 48.7 Å². The third-order valence-corrected chi connectivity index (χ3v) is 5.26. The zero-order valence-electron chi connectivity index (χ0n) is 17.1. The smallest absolute Gasteiger partial charge is 0.181 e. The van der Waals surface area contributed by atoms with E-state index in [0.29, 0.717) is 0 Å². The average molecular weight is 353 g/mol. The Labute approximate surface area is 161 Å². The SMILES string of the molecule is CCCCCCCCCCCCc1cc(C)cc[n+]1Cc1ccccc1. The number of benzene rings is 1. The second kappa shape index (κ2) is 12.7. The molecular weight excluding hydrogens is 314 g/mol. The summed E-state index contributed by atoms with van der Waals surface area (Å²) >= 11 is 0. The largest absolute Gasteiger partial charge is 0.198 e. The average Bonchev–Trinajstić information content (AvgIpc) is 2.66. The molecule has 0 spiro atoms. The Morgan fingerprint density at radius 3 is 2.00 bits per heavy atom. The Balaban J connectivity index is 1.69. The van der Waals surface area contributed by atoms with Gasteiger partial charge < -0.3 is 0 Å². The first-order valence-corrected chi connectivity index (χ1v) is 10.8. The van der Waals surface area contributed by atoms with Crippen LogP contribution in [0.5, 0.6) is 0 Å². The minimum Gasteiger partial charge on any atom is -0.198 e. The van der Waals surface area contributed by atoms with Gasteiger partial charge in [0.25, 0.3) is 0 Å². The number of unbranched alkanes of at least 4 members (excludes halogenated alkanes) is 9. The van der Waals surface area contributed by atoms with Gasteiger partial charge in [-0.25, -0.2) is 0 Å².